The summed E-state index contributed by atoms with van der Waals surface area (Å²) < 4.78 is 16.5. The molecule has 25 heavy (non-hydrogen) atoms. The van der Waals surface area contributed by atoms with E-state index >= 15 is 0 Å². The fourth-order valence-corrected chi connectivity index (χ4v) is 2.94. The van der Waals surface area contributed by atoms with Gasteiger partial charge >= 0.3 is 5.97 Å². The number of fused-ring (bicyclic) bond motifs is 1. The molecule has 0 saturated heterocycles. The molecule has 0 bridgehead atoms. The number of cyclic esters (lactones) is 1. The van der Waals surface area contributed by atoms with Gasteiger partial charge < -0.3 is 14.2 Å². The Bertz CT molecular complexity index is 840. The van der Waals surface area contributed by atoms with Gasteiger partial charge in [-0.25, -0.2) is 4.79 Å². The number of carbonyl (C=O) groups is 2. The summed E-state index contributed by atoms with van der Waals surface area (Å²) in [5.74, 6) is -0.184. The van der Waals surface area contributed by atoms with E-state index in [-0.39, 0.29) is 11.5 Å². The van der Waals surface area contributed by atoms with Gasteiger partial charge in [0.15, 0.2) is 17.7 Å². The first kappa shape index (κ1) is 17.2. The summed E-state index contributed by atoms with van der Waals surface area (Å²) >= 11 is 3.31. The van der Waals surface area contributed by atoms with Crippen LogP contribution in [0.2, 0.25) is 0 Å². The molecule has 0 fully saturated rings. The van der Waals surface area contributed by atoms with Crippen molar-refractivity contribution in [1.29, 1.82) is 0 Å². The molecule has 1 aliphatic heterocycles. The monoisotopic (exact) mass is 406 g/mol. The van der Waals surface area contributed by atoms with E-state index in [2.05, 4.69) is 26.8 Å². The van der Waals surface area contributed by atoms with E-state index in [1.807, 2.05) is 6.07 Å². The zero-order valence-electron chi connectivity index (χ0n) is 13.5. The number of methoxy groups -OCH3 is 2. The molecule has 0 saturated carbocycles. The predicted octanol–water partition coefficient (Wildman–Crippen LogP) is 2.57. The van der Waals surface area contributed by atoms with E-state index < -0.39 is 12.2 Å². The van der Waals surface area contributed by atoms with Crippen LogP contribution in [0.25, 0.3) is 0 Å². The van der Waals surface area contributed by atoms with Crippen molar-refractivity contribution in [3.05, 3.63) is 57.6 Å². The molecule has 8 heteroatoms. The molecule has 1 unspecified atom stereocenters. The molecule has 1 aliphatic rings. The lowest BCUT2D eigenvalue weighted by Crippen LogP contribution is -2.40. The molecule has 3 rings (SSSR count). The van der Waals surface area contributed by atoms with Crippen molar-refractivity contribution in [2.45, 2.75) is 6.23 Å². The SMILES string of the molecule is COc1ccc2c(c1OC)C(=O)OC2NNC(=O)c1cccc(Br)c1. The lowest BCUT2D eigenvalue weighted by Gasteiger charge is -2.14. The topological polar surface area (TPSA) is 85.9 Å². The Balaban J connectivity index is 1.78. The van der Waals surface area contributed by atoms with Crippen LogP contribution in [0.1, 0.15) is 32.5 Å². The number of hydrazine groups is 1. The normalized spacial score (nSPS) is 15.3. The molecular formula is C17H15BrN2O5. The van der Waals surface area contributed by atoms with Crippen molar-refractivity contribution < 1.29 is 23.8 Å². The third-order valence-electron chi connectivity index (χ3n) is 3.69. The summed E-state index contributed by atoms with van der Waals surface area (Å²) in [6.45, 7) is 0. The zero-order valence-corrected chi connectivity index (χ0v) is 15.0. The van der Waals surface area contributed by atoms with Crippen molar-refractivity contribution in [2.75, 3.05) is 14.2 Å². The number of ether oxygens (including phenoxy) is 3. The minimum Gasteiger partial charge on any atom is -0.493 e. The van der Waals surface area contributed by atoms with E-state index in [1.165, 1.54) is 14.2 Å². The molecule has 1 heterocycles. The second-order valence-corrected chi connectivity index (χ2v) is 6.08. The second-order valence-electron chi connectivity index (χ2n) is 5.16. The number of amides is 1. The molecule has 0 spiro atoms. The van der Waals surface area contributed by atoms with Gasteiger partial charge in [0.25, 0.3) is 5.91 Å². The Kier molecular flexibility index (Phi) is 4.91. The van der Waals surface area contributed by atoms with Crippen molar-refractivity contribution in [3.63, 3.8) is 0 Å². The molecule has 130 valence electrons. The first-order valence-electron chi connectivity index (χ1n) is 7.32. The molecule has 1 atom stereocenters. The second kappa shape index (κ2) is 7.12. The highest BCUT2D eigenvalue weighted by atomic mass is 79.9. The smallest absolute Gasteiger partial charge is 0.344 e. The van der Waals surface area contributed by atoms with Crippen LogP contribution in [0.5, 0.6) is 11.5 Å². The fourth-order valence-electron chi connectivity index (χ4n) is 2.54. The highest BCUT2D eigenvalue weighted by molar-refractivity contribution is 9.10. The van der Waals surface area contributed by atoms with E-state index in [0.29, 0.717) is 22.6 Å². The number of benzene rings is 2. The average Bonchev–Trinajstić information content (AvgIpc) is 2.94. The quantitative estimate of drug-likeness (QED) is 0.586. The van der Waals surface area contributed by atoms with Crippen LogP contribution in [0.15, 0.2) is 40.9 Å². The summed E-state index contributed by atoms with van der Waals surface area (Å²) in [5, 5.41) is 0. The summed E-state index contributed by atoms with van der Waals surface area (Å²) in [6, 6.07) is 10.3. The summed E-state index contributed by atoms with van der Waals surface area (Å²) in [5.41, 5.74) is 6.54. The highest BCUT2D eigenvalue weighted by Gasteiger charge is 2.36. The van der Waals surface area contributed by atoms with E-state index in [1.54, 1.807) is 30.3 Å². The largest absolute Gasteiger partial charge is 0.493 e. The van der Waals surface area contributed by atoms with Crippen LogP contribution in [0.3, 0.4) is 0 Å². The number of hydrogen-bond donors (Lipinski definition) is 2. The van der Waals surface area contributed by atoms with Gasteiger partial charge in [0.2, 0.25) is 0 Å². The number of carbonyl (C=O) groups excluding carboxylic acids is 2. The summed E-state index contributed by atoms with van der Waals surface area (Å²) in [6.07, 6.45) is -0.821. The van der Waals surface area contributed by atoms with Gasteiger partial charge in [-0.15, -0.1) is 0 Å². The number of esters is 1. The maximum atomic E-state index is 12.2. The minimum atomic E-state index is -0.821. The van der Waals surface area contributed by atoms with Crippen molar-refractivity contribution in [3.8, 4) is 11.5 Å². The van der Waals surface area contributed by atoms with Gasteiger partial charge in [0.1, 0.15) is 5.56 Å². The standard InChI is InChI=1S/C17H15BrN2O5/c1-23-12-7-6-11-13(14(12)24-2)17(22)25-16(11)20-19-15(21)9-4-3-5-10(18)8-9/h3-8,16,20H,1-2H3,(H,19,21). The molecular weight excluding hydrogens is 392 g/mol. The number of nitrogens with one attached hydrogen (secondary N) is 2. The lowest BCUT2D eigenvalue weighted by molar-refractivity contribution is 0.0260. The minimum absolute atomic E-state index is 0.274. The Labute approximate surface area is 152 Å². The molecule has 2 aromatic rings. The maximum Gasteiger partial charge on any atom is 0.344 e. The average molecular weight is 407 g/mol. The van der Waals surface area contributed by atoms with Gasteiger partial charge in [-0.3, -0.25) is 10.2 Å². The Morgan fingerprint density at radius 2 is 2.00 bits per heavy atom. The van der Waals surface area contributed by atoms with Crippen LogP contribution >= 0.6 is 15.9 Å². The lowest BCUT2D eigenvalue weighted by atomic mass is 10.1. The van der Waals surface area contributed by atoms with Crippen molar-refractivity contribution in [2.24, 2.45) is 0 Å². The van der Waals surface area contributed by atoms with E-state index in [9.17, 15) is 9.59 Å². The van der Waals surface area contributed by atoms with Crippen molar-refractivity contribution in [1.82, 2.24) is 10.9 Å². The first-order chi connectivity index (χ1) is 12.0. The third kappa shape index (κ3) is 3.31. The first-order valence-corrected chi connectivity index (χ1v) is 8.11. The van der Waals surface area contributed by atoms with Crippen LogP contribution in [-0.4, -0.2) is 26.1 Å². The molecule has 1 amide bonds. The van der Waals surface area contributed by atoms with Gasteiger partial charge in [0, 0.05) is 15.6 Å². The van der Waals surface area contributed by atoms with E-state index in [4.69, 9.17) is 14.2 Å². The van der Waals surface area contributed by atoms with Crippen LogP contribution < -0.4 is 20.3 Å². The van der Waals surface area contributed by atoms with Crippen molar-refractivity contribution >= 4 is 27.8 Å². The summed E-state index contributed by atoms with van der Waals surface area (Å²) in [4.78, 5) is 24.4. The maximum absolute atomic E-state index is 12.2. The van der Waals surface area contributed by atoms with Crippen LogP contribution in [0, 0.1) is 0 Å². The zero-order chi connectivity index (χ0) is 18.0. The van der Waals surface area contributed by atoms with Gasteiger partial charge in [-0.05, 0) is 30.3 Å². The summed E-state index contributed by atoms with van der Waals surface area (Å²) in [7, 11) is 2.93. The van der Waals surface area contributed by atoms with E-state index in [0.717, 1.165) is 4.47 Å². The number of hydrogen-bond acceptors (Lipinski definition) is 6. The van der Waals surface area contributed by atoms with Crippen LogP contribution in [0.4, 0.5) is 0 Å². The predicted molar refractivity (Wildman–Crippen MR) is 92.4 cm³/mol. The molecule has 0 aliphatic carbocycles. The molecule has 7 nitrogen and oxygen atoms in total. The molecule has 2 N–H and O–H groups in total. The molecule has 0 aromatic heterocycles. The fraction of sp³-hybridized carbons (Fsp3) is 0.176. The molecule has 0 radical (unpaired) electrons. The van der Waals surface area contributed by atoms with Gasteiger partial charge in [0.05, 0.1) is 14.2 Å². The Morgan fingerprint density at radius 1 is 1.20 bits per heavy atom. The number of halogens is 1. The highest BCUT2D eigenvalue weighted by Crippen LogP contribution is 2.40. The third-order valence-corrected chi connectivity index (χ3v) is 4.19. The van der Waals surface area contributed by atoms with Gasteiger partial charge in [-0.2, -0.15) is 5.43 Å². The molecule has 2 aromatic carbocycles. The van der Waals surface area contributed by atoms with Gasteiger partial charge in [-0.1, -0.05) is 22.0 Å². The number of rotatable bonds is 5. The Hall–Kier alpha value is -2.58. The Morgan fingerprint density at radius 3 is 2.68 bits per heavy atom. The van der Waals surface area contributed by atoms with Crippen LogP contribution in [-0.2, 0) is 4.74 Å².